The summed E-state index contributed by atoms with van der Waals surface area (Å²) in [7, 11) is 3.57. The van der Waals surface area contributed by atoms with Crippen molar-refractivity contribution in [2.24, 2.45) is 5.92 Å². The van der Waals surface area contributed by atoms with E-state index in [4.69, 9.17) is 0 Å². The van der Waals surface area contributed by atoms with Gasteiger partial charge in [0, 0.05) is 46.7 Å². The lowest BCUT2D eigenvalue weighted by molar-refractivity contribution is -0.131. The summed E-state index contributed by atoms with van der Waals surface area (Å²) in [5.74, 6) is 0.920. The largest absolute Gasteiger partial charge is 0.348 e. The van der Waals surface area contributed by atoms with Crippen molar-refractivity contribution >= 4 is 11.8 Å². The molecule has 0 radical (unpaired) electrons. The van der Waals surface area contributed by atoms with Gasteiger partial charge >= 0.3 is 0 Å². The van der Waals surface area contributed by atoms with E-state index in [-0.39, 0.29) is 11.8 Å². The van der Waals surface area contributed by atoms with Crippen LogP contribution in [0, 0.1) is 5.92 Å². The average molecular weight is 296 g/mol. The Hall–Kier alpha value is -1.14. The highest BCUT2D eigenvalue weighted by Gasteiger charge is 2.24. The van der Waals surface area contributed by atoms with Crippen molar-refractivity contribution in [3.63, 3.8) is 0 Å². The molecule has 2 rings (SSSR count). The molecule has 0 spiro atoms. The third-order valence-electron chi connectivity index (χ3n) is 4.42. The first-order valence-corrected chi connectivity index (χ1v) is 7.97. The molecule has 6 heteroatoms. The van der Waals surface area contributed by atoms with Crippen molar-refractivity contribution in [3.8, 4) is 0 Å². The number of hydrogen-bond acceptors (Lipinski definition) is 4. The zero-order valence-electron chi connectivity index (χ0n) is 13.3. The van der Waals surface area contributed by atoms with Gasteiger partial charge in [-0.1, -0.05) is 0 Å². The Morgan fingerprint density at radius 1 is 1.19 bits per heavy atom. The molecule has 1 N–H and O–H groups in total. The summed E-state index contributed by atoms with van der Waals surface area (Å²) >= 11 is 0. The first-order chi connectivity index (χ1) is 10.1. The second kappa shape index (κ2) is 7.75. The van der Waals surface area contributed by atoms with Crippen LogP contribution in [0.15, 0.2) is 0 Å². The summed E-state index contributed by atoms with van der Waals surface area (Å²) in [6.45, 7) is 5.75. The van der Waals surface area contributed by atoms with E-state index in [2.05, 4.69) is 10.2 Å². The van der Waals surface area contributed by atoms with Crippen molar-refractivity contribution in [1.82, 2.24) is 20.0 Å². The van der Waals surface area contributed by atoms with Gasteiger partial charge in [-0.15, -0.1) is 0 Å². The SMILES string of the molecule is CN(C)C(=O)CN1CCCN(C(=O)CC2CCNC2)CC1. The molecule has 2 amide bonds. The van der Waals surface area contributed by atoms with Crippen LogP contribution in [0.2, 0.25) is 0 Å². The van der Waals surface area contributed by atoms with Crippen molar-refractivity contribution in [2.45, 2.75) is 19.3 Å². The Kier molecular flexibility index (Phi) is 5.99. The molecule has 0 aromatic heterocycles. The van der Waals surface area contributed by atoms with Gasteiger partial charge in [0.15, 0.2) is 0 Å². The molecule has 21 heavy (non-hydrogen) atoms. The molecule has 2 saturated heterocycles. The Balaban J connectivity index is 1.77. The molecule has 0 aromatic carbocycles. The molecule has 0 aromatic rings. The summed E-state index contributed by atoms with van der Waals surface area (Å²) in [6.07, 6.45) is 2.74. The molecular formula is C15H28N4O2. The molecule has 120 valence electrons. The molecule has 1 unspecified atom stereocenters. The second-order valence-corrected chi connectivity index (χ2v) is 6.36. The van der Waals surface area contributed by atoms with Crippen LogP contribution >= 0.6 is 0 Å². The molecule has 6 nitrogen and oxygen atoms in total. The molecular weight excluding hydrogens is 268 g/mol. The van der Waals surface area contributed by atoms with Crippen LogP contribution in [0.1, 0.15) is 19.3 Å². The van der Waals surface area contributed by atoms with Gasteiger partial charge in [0.05, 0.1) is 6.54 Å². The third kappa shape index (κ3) is 4.97. The number of amides is 2. The quantitative estimate of drug-likeness (QED) is 0.768. The first-order valence-electron chi connectivity index (χ1n) is 7.97. The zero-order valence-corrected chi connectivity index (χ0v) is 13.3. The normalized spacial score (nSPS) is 23.9. The minimum absolute atomic E-state index is 0.131. The maximum atomic E-state index is 12.3. The highest BCUT2D eigenvalue weighted by Crippen LogP contribution is 2.15. The summed E-state index contributed by atoms with van der Waals surface area (Å²) in [4.78, 5) is 29.9. The lowest BCUT2D eigenvalue weighted by Crippen LogP contribution is -2.40. The van der Waals surface area contributed by atoms with Crippen molar-refractivity contribution < 1.29 is 9.59 Å². The number of carbonyl (C=O) groups excluding carboxylic acids is 2. The Morgan fingerprint density at radius 3 is 2.67 bits per heavy atom. The molecule has 2 aliphatic rings. The minimum Gasteiger partial charge on any atom is -0.348 e. The lowest BCUT2D eigenvalue weighted by Gasteiger charge is -2.23. The highest BCUT2D eigenvalue weighted by atomic mass is 16.2. The van der Waals surface area contributed by atoms with Crippen LogP contribution in [0.5, 0.6) is 0 Å². The van der Waals surface area contributed by atoms with Gasteiger partial charge in [-0.3, -0.25) is 14.5 Å². The van der Waals surface area contributed by atoms with E-state index in [9.17, 15) is 9.59 Å². The van der Waals surface area contributed by atoms with E-state index in [1.165, 1.54) is 0 Å². The van der Waals surface area contributed by atoms with E-state index >= 15 is 0 Å². The Bertz CT molecular complexity index is 367. The topological polar surface area (TPSA) is 55.9 Å². The van der Waals surface area contributed by atoms with Gasteiger partial charge in [0.1, 0.15) is 0 Å². The fraction of sp³-hybridized carbons (Fsp3) is 0.867. The molecule has 1 atom stereocenters. The van der Waals surface area contributed by atoms with Crippen LogP contribution in [0.25, 0.3) is 0 Å². The van der Waals surface area contributed by atoms with Crippen LogP contribution in [-0.4, -0.2) is 86.4 Å². The molecule has 2 heterocycles. The summed E-state index contributed by atoms with van der Waals surface area (Å²) in [6, 6.07) is 0. The smallest absolute Gasteiger partial charge is 0.236 e. The lowest BCUT2D eigenvalue weighted by atomic mass is 10.0. The number of carbonyl (C=O) groups is 2. The highest BCUT2D eigenvalue weighted by molar-refractivity contribution is 5.78. The van der Waals surface area contributed by atoms with Crippen molar-refractivity contribution in [3.05, 3.63) is 0 Å². The molecule has 0 bridgehead atoms. The van der Waals surface area contributed by atoms with Crippen LogP contribution < -0.4 is 5.32 Å². The zero-order chi connectivity index (χ0) is 15.2. The number of hydrogen-bond donors (Lipinski definition) is 1. The van der Waals surface area contributed by atoms with Crippen LogP contribution in [0.4, 0.5) is 0 Å². The van der Waals surface area contributed by atoms with Gasteiger partial charge in [-0.05, 0) is 31.8 Å². The Labute approximate surface area is 127 Å². The summed E-state index contributed by atoms with van der Waals surface area (Å²) in [5, 5.41) is 3.31. The van der Waals surface area contributed by atoms with Crippen molar-refractivity contribution in [2.75, 3.05) is 59.9 Å². The molecule has 2 aliphatic heterocycles. The number of nitrogens with one attached hydrogen (secondary N) is 1. The van der Waals surface area contributed by atoms with E-state index in [1.807, 2.05) is 4.90 Å². The van der Waals surface area contributed by atoms with Gasteiger partial charge in [0.25, 0.3) is 0 Å². The fourth-order valence-electron chi connectivity index (χ4n) is 2.98. The van der Waals surface area contributed by atoms with E-state index in [0.717, 1.165) is 52.1 Å². The Morgan fingerprint density at radius 2 is 2.00 bits per heavy atom. The fourth-order valence-corrected chi connectivity index (χ4v) is 2.98. The minimum atomic E-state index is 0.131. The predicted molar refractivity (Wildman–Crippen MR) is 81.9 cm³/mol. The maximum Gasteiger partial charge on any atom is 0.236 e. The van der Waals surface area contributed by atoms with Gasteiger partial charge in [0.2, 0.25) is 11.8 Å². The molecule has 0 aliphatic carbocycles. The third-order valence-corrected chi connectivity index (χ3v) is 4.42. The number of rotatable bonds is 4. The number of likely N-dealkylation sites (N-methyl/N-ethyl adjacent to an activating group) is 1. The maximum absolute atomic E-state index is 12.3. The van der Waals surface area contributed by atoms with Crippen molar-refractivity contribution in [1.29, 1.82) is 0 Å². The van der Waals surface area contributed by atoms with Crippen LogP contribution in [0.3, 0.4) is 0 Å². The van der Waals surface area contributed by atoms with E-state index < -0.39 is 0 Å². The predicted octanol–water partition coefficient (Wildman–Crippen LogP) is -0.391. The standard InChI is InChI=1S/C15H28N4O2/c1-17(2)15(21)12-18-6-3-7-19(9-8-18)14(20)10-13-4-5-16-11-13/h13,16H,3-12H2,1-2H3. The first kappa shape index (κ1) is 16.2. The molecule has 0 saturated carbocycles. The monoisotopic (exact) mass is 296 g/mol. The average Bonchev–Trinajstić information content (AvgIpc) is 2.83. The van der Waals surface area contributed by atoms with E-state index in [1.54, 1.807) is 19.0 Å². The number of nitrogens with zero attached hydrogens (tertiary/aromatic N) is 3. The van der Waals surface area contributed by atoms with Gasteiger partial charge in [-0.25, -0.2) is 0 Å². The summed E-state index contributed by atoms with van der Waals surface area (Å²) in [5.41, 5.74) is 0. The molecule has 2 fully saturated rings. The van der Waals surface area contributed by atoms with E-state index in [0.29, 0.717) is 18.9 Å². The van der Waals surface area contributed by atoms with Crippen LogP contribution in [-0.2, 0) is 9.59 Å². The summed E-state index contributed by atoms with van der Waals surface area (Å²) < 4.78 is 0. The van der Waals surface area contributed by atoms with Gasteiger partial charge in [-0.2, -0.15) is 0 Å². The second-order valence-electron chi connectivity index (χ2n) is 6.36. The van der Waals surface area contributed by atoms with Gasteiger partial charge < -0.3 is 15.1 Å².